The lowest BCUT2D eigenvalue weighted by Gasteiger charge is -2.25. The van der Waals surface area contributed by atoms with E-state index in [0.29, 0.717) is 6.42 Å². The number of aryl methyl sites for hydroxylation is 1. The third-order valence-corrected chi connectivity index (χ3v) is 3.19. The first-order valence-corrected chi connectivity index (χ1v) is 5.97. The van der Waals surface area contributed by atoms with Crippen LogP contribution in [0, 0.1) is 5.92 Å². The van der Waals surface area contributed by atoms with Gasteiger partial charge in [0.05, 0.1) is 0 Å². The standard InChI is InChI=1S/C15H17FO/c1-2-12-6-8-13(9-7-12)11-14-5-3-4-10-15(14,16)17/h3-10,14,17H,2,11H2,1H3. The molecule has 1 aromatic rings. The maximum absolute atomic E-state index is 13.8. The topological polar surface area (TPSA) is 20.2 Å². The Morgan fingerprint density at radius 1 is 1.18 bits per heavy atom. The molecule has 2 rings (SSSR count). The predicted molar refractivity (Wildman–Crippen MR) is 67.4 cm³/mol. The summed E-state index contributed by atoms with van der Waals surface area (Å²) in [6, 6.07) is 8.10. The molecular weight excluding hydrogens is 215 g/mol. The van der Waals surface area contributed by atoms with Gasteiger partial charge in [0.25, 0.3) is 0 Å². The van der Waals surface area contributed by atoms with Gasteiger partial charge in [-0.1, -0.05) is 49.4 Å². The van der Waals surface area contributed by atoms with E-state index < -0.39 is 11.8 Å². The first kappa shape index (κ1) is 12.1. The quantitative estimate of drug-likeness (QED) is 0.848. The zero-order valence-electron chi connectivity index (χ0n) is 9.94. The van der Waals surface area contributed by atoms with Crippen LogP contribution in [0.3, 0.4) is 0 Å². The third kappa shape index (κ3) is 2.83. The van der Waals surface area contributed by atoms with Crippen molar-refractivity contribution in [2.75, 3.05) is 0 Å². The van der Waals surface area contributed by atoms with E-state index in [1.54, 1.807) is 12.2 Å². The minimum Gasteiger partial charge on any atom is -0.358 e. The van der Waals surface area contributed by atoms with Crippen LogP contribution < -0.4 is 0 Å². The maximum Gasteiger partial charge on any atom is 0.232 e. The number of allylic oxidation sites excluding steroid dienone is 2. The lowest BCUT2D eigenvalue weighted by Crippen LogP contribution is -2.32. The fourth-order valence-corrected chi connectivity index (χ4v) is 2.02. The smallest absolute Gasteiger partial charge is 0.232 e. The molecule has 0 heterocycles. The Morgan fingerprint density at radius 3 is 2.41 bits per heavy atom. The molecule has 0 fully saturated rings. The number of alkyl halides is 1. The average molecular weight is 232 g/mol. The third-order valence-electron chi connectivity index (χ3n) is 3.19. The van der Waals surface area contributed by atoms with E-state index in [9.17, 15) is 9.50 Å². The summed E-state index contributed by atoms with van der Waals surface area (Å²) in [6.45, 7) is 2.10. The van der Waals surface area contributed by atoms with Crippen LogP contribution in [0.5, 0.6) is 0 Å². The molecule has 17 heavy (non-hydrogen) atoms. The largest absolute Gasteiger partial charge is 0.358 e. The van der Waals surface area contributed by atoms with E-state index in [-0.39, 0.29) is 0 Å². The molecule has 0 aliphatic heterocycles. The summed E-state index contributed by atoms with van der Waals surface area (Å²) in [5.41, 5.74) is 2.31. The Labute approximate surface area is 101 Å². The molecular formula is C15H17FO. The number of rotatable bonds is 3. The Morgan fingerprint density at radius 2 is 1.82 bits per heavy atom. The summed E-state index contributed by atoms with van der Waals surface area (Å²) in [6.07, 6.45) is 7.75. The molecule has 1 aliphatic carbocycles. The molecule has 2 heteroatoms. The molecule has 0 aromatic heterocycles. The minimum atomic E-state index is -2.22. The van der Waals surface area contributed by atoms with Gasteiger partial charge in [-0.2, -0.15) is 0 Å². The van der Waals surface area contributed by atoms with Gasteiger partial charge in [0.1, 0.15) is 0 Å². The van der Waals surface area contributed by atoms with Gasteiger partial charge < -0.3 is 5.11 Å². The van der Waals surface area contributed by atoms with Crippen molar-refractivity contribution in [2.45, 2.75) is 25.6 Å². The van der Waals surface area contributed by atoms with E-state index in [1.165, 1.54) is 17.7 Å². The van der Waals surface area contributed by atoms with Crippen LogP contribution in [-0.2, 0) is 12.8 Å². The van der Waals surface area contributed by atoms with Crippen molar-refractivity contribution in [1.82, 2.24) is 0 Å². The summed E-state index contributed by atoms with van der Waals surface area (Å²) in [7, 11) is 0. The van der Waals surface area contributed by atoms with Crippen molar-refractivity contribution < 1.29 is 9.50 Å². The summed E-state index contributed by atoms with van der Waals surface area (Å²) >= 11 is 0. The van der Waals surface area contributed by atoms with Gasteiger partial charge in [0.15, 0.2) is 0 Å². The maximum atomic E-state index is 13.8. The van der Waals surface area contributed by atoms with Crippen LogP contribution in [0.25, 0.3) is 0 Å². The molecule has 0 saturated heterocycles. The Balaban J connectivity index is 2.10. The van der Waals surface area contributed by atoms with Crippen LogP contribution in [0.1, 0.15) is 18.1 Å². The van der Waals surface area contributed by atoms with Crippen molar-refractivity contribution in [3.8, 4) is 0 Å². The first-order valence-electron chi connectivity index (χ1n) is 5.97. The Bertz CT molecular complexity index is 429. The number of benzene rings is 1. The lowest BCUT2D eigenvalue weighted by molar-refractivity contribution is -0.0769. The zero-order valence-corrected chi connectivity index (χ0v) is 9.94. The van der Waals surface area contributed by atoms with Crippen molar-refractivity contribution in [1.29, 1.82) is 0 Å². The number of hydrogen-bond donors (Lipinski definition) is 1. The van der Waals surface area contributed by atoms with Gasteiger partial charge in [0, 0.05) is 5.92 Å². The van der Waals surface area contributed by atoms with Crippen molar-refractivity contribution >= 4 is 0 Å². The van der Waals surface area contributed by atoms with Crippen LogP contribution in [0.2, 0.25) is 0 Å². The van der Waals surface area contributed by atoms with E-state index in [2.05, 4.69) is 19.1 Å². The Kier molecular flexibility index (Phi) is 3.43. The highest BCUT2D eigenvalue weighted by Gasteiger charge is 2.33. The molecule has 0 radical (unpaired) electrons. The molecule has 1 aliphatic rings. The number of halogens is 1. The summed E-state index contributed by atoms with van der Waals surface area (Å²) in [5, 5.41) is 9.59. The SMILES string of the molecule is CCc1ccc(CC2C=CC=CC2(O)F)cc1. The monoisotopic (exact) mass is 232 g/mol. The van der Waals surface area contributed by atoms with Crippen LogP contribution in [0.15, 0.2) is 48.6 Å². The van der Waals surface area contributed by atoms with E-state index in [0.717, 1.165) is 12.0 Å². The molecule has 0 bridgehead atoms. The van der Waals surface area contributed by atoms with Gasteiger partial charge in [-0.15, -0.1) is 0 Å². The van der Waals surface area contributed by atoms with E-state index >= 15 is 0 Å². The fourth-order valence-electron chi connectivity index (χ4n) is 2.02. The molecule has 1 nitrogen and oxygen atoms in total. The molecule has 0 saturated carbocycles. The predicted octanol–water partition coefficient (Wildman–Crippen LogP) is 3.19. The van der Waals surface area contributed by atoms with Gasteiger partial charge in [-0.05, 0) is 30.0 Å². The normalized spacial score (nSPS) is 27.4. The van der Waals surface area contributed by atoms with Crippen molar-refractivity contribution in [3.05, 3.63) is 59.7 Å². The second kappa shape index (κ2) is 4.84. The second-order valence-electron chi connectivity index (χ2n) is 4.45. The second-order valence-corrected chi connectivity index (χ2v) is 4.45. The van der Waals surface area contributed by atoms with Crippen LogP contribution in [-0.4, -0.2) is 11.0 Å². The van der Waals surface area contributed by atoms with Crippen LogP contribution in [0.4, 0.5) is 4.39 Å². The average Bonchev–Trinajstić information content (AvgIpc) is 2.33. The van der Waals surface area contributed by atoms with Gasteiger partial charge in [0.2, 0.25) is 5.85 Å². The van der Waals surface area contributed by atoms with Crippen molar-refractivity contribution in [3.63, 3.8) is 0 Å². The summed E-state index contributed by atoms with van der Waals surface area (Å²) in [4.78, 5) is 0. The number of hydrogen-bond acceptors (Lipinski definition) is 1. The van der Waals surface area contributed by atoms with Gasteiger partial charge in [-0.3, -0.25) is 0 Å². The molecule has 2 atom stereocenters. The van der Waals surface area contributed by atoms with E-state index in [4.69, 9.17) is 0 Å². The molecule has 90 valence electrons. The van der Waals surface area contributed by atoms with Gasteiger partial charge >= 0.3 is 0 Å². The molecule has 2 unspecified atom stereocenters. The highest BCUT2D eigenvalue weighted by molar-refractivity contribution is 5.26. The molecule has 0 amide bonds. The fraction of sp³-hybridized carbons (Fsp3) is 0.333. The summed E-state index contributed by atoms with van der Waals surface area (Å²) in [5.74, 6) is -2.72. The van der Waals surface area contributed by atoms with Crippen molar-refractivity contribution in [2.24, 2.45) is 5.92 Å². The highest BCUT2D eigenvalue weighted by Crippen LogP contribution is 2.29. The minimum absolute atomic E-state index is 0.500. The van der Waals surface area contributed by atoms with Crippen LogP contribution >= 0.6 is 0 Å². The molecule has 1 N–H and O–H groups in total. The summed E-state index contributed by atoms with van der Waals surface area (Å²) < 4.78 is 13.8. The van der Waals surface area contributed by atoms with E-state index in [1.807, 2.05) is 12.1 Å². The highest BCUT2D eigenvalue weighted by atomic mass is 19.2. The zero-order chi connectivity index (χ0) is 12.3. The first-order chi connectivity index (χ1) is 8.12. The molecule has 1 aromatic carbocycles. The Hall–Kier alpha value is -1.41. The lowest BCUT2D eigenvalue weighted by atomic mass is 9.89. The number of aliphatic hydroxyl groups is 1. The van der Waals surface area contributed by atoms with Gasteiger partial charge in [-0.25, -0.2) is 4.39 Å². The molecule has 0 spiro atoms.